The molecule has 0 aliphatic rings. The number of guanidine groups is 1. The van der Waals surface area contributed by atoms with Gasteiger partial charge in [-0.2, -0.15) is 11.3 Å². The van der Waals surface area contributed by atoms with Crippen LogP contribution in [0.25, 0.3) is 0 Å². The van der Waals surface area contributed by atoms with E-state index < -0.39 is 5.60 Å². The molecule has 0 aliphatic heterocycles. The minimum absolute atomic E-state index is 0.320. The van der Waals surface area contributed by atoms with Gasteiger partial charge in [-0.05, 0) is 42.7 Å². The summed E-state index contributed by atoms with van der Waals surface area (Å²) in [6.07, 6.45) is 6.53. The van der Waals surface area contributed by atoms with Crippen LogP contribution in [-0.2, 0) is 12.1 Å². The highest BCUT2D eigenvalue weighted by Crippen LogP contribution is 2.23. The summed E-state index contributed by atoms with van der Waals surface area (Å²) in [6, 6.07) is 1.94. The molecular formula is C16H25N5OS. The summed E-state index contributed by atoms with van der Waals surface area (Å²) in [5, 5.41) is 20.9. The third-order valence-corrected chi connectivity index (χ3v) is 4.16. The Labute approximate surface area is 141 Å². The summed E-state index contributed by atoms with van der Waals surface area (Å²) in [6.45, 7) is 6.65. The Hall–Kier alpha value is -1.86. The van der Waals surface area contributed by atoms with Crippen LogP contribution in [0.5, 0.6) is 0 Å². The van der Waals surface area contributed by atoms with Gasteiger partial charge in [-0.3, -0.25) is 0 Å². The van der Waals surface area contributed by atoms with E-state index in [9.17, 15) is 5.11 Å². The van der Waals surface area contributed by atoms with Gasteiger partial charge >= 0.3 is 0 Å². The number of aromatic nitrogens is 2. The maximum atomic E-state index is 10.5. The van der Waals surface area contributed by atoms with Gasteiger partial charge in [-0.15, -0.1) is 0 Å². The summed E-state index contributed by atoms with van der Waals surface area (Å²) in [5.41, 5.74) is -0.0405. The first-order chi connectivity index (χ1) is 11.1. The molecule has 2 rings (SSSR count). The minimum atomic E-state index is -0.945. The predicted molar refractivity (Wildman–Crippen MR) is 94.7 cm³/mol. The molecule has 0 amide bonds. The molecule has 0 saturated heterocycles. The highest BCUT2D eigenvalue weighted by atomic mass is 32.1. The van der Waals surface area contributed by atoms with E-state index in [-0.39, 0.29) is 0 Å². The number of nitrogens with zero attached hydrogens (tertiary/aromatic N) is 3. The number of thiophene rings is 1. The number of hydrogen-bond acceptors (Lipinski definition) is 4. The topological polar surface area (TPSA) is 74.5 Å². The minimum Gasteiger partial charge on any atom is -0.383 e. The van der Waals surface area contributed by atoms with E-state index in [1.54, 1.807) is 24.5 Å². The summed E-state index contributed by atoms with van der Waals surface area (Å²) in [7, 11) is 0. The van der Waals surface area contributed by atoms with Crippen molar-refractivity contribution < 1.29 is 5.11 Å². The van der Waals surface area contributed by atoms with Crippen molar-refractivity contribution >= 4 is 17.3 Å². The standard InChI is InChI=1S/C16H25N5OS/c1-3-18-15(19-6-4-8-21-9-7-17-13-21)20-12-16(2,22)14-5-10-23-11-14/h5,7,9-11,13,22H,3-4,6,8,12H2,1-2H3,(H2,18,19,20). The lowest BCUT2D eigenvalue weighted by Crippen LogP contribution is -2.39. The van der Waals surface area contributed by atoms with Crippen LogP contribution in [0, 0.1) is 0 Å². The molecule has 7 heteroatoms. The Morgan fingerprint density at radius 3 is 3.00 bits per heavy atom. The molecule has 3 N–H and O–H groups in total. The lowest BCUT2D eigenvalue weighted by Gasteiger charge is -2.21. The maximum Gasteiger partial charge on any atom is 0.191 e. The van der Waals surface area contributed by atoms with Crippen LogP contribution >= 0.6 is 11.3 Å². The molecule has 0 radical (unpaired) electrons. The molecule has 2 heterocycles. The molecule has 0 spiro atoms. The van der Waals surface area contributed by atoms with Crippen molar-refractivity contribution in [3.8, 4) is 0 Å². The Bertz CT molecular complexity index is 578. The maximum absolute atomic E-state index is 10.5. The molecule has 0 fully saturated rings. The summed E-state index contributed by atoms with van der Waals surface area (Å²) in [4.78, 5) is 8.53. The largest absolute Gasteiger partial charge is 0.383 e. The quantitative estimate of drug-likeness (QED) is 0.391. The molecule has 1 atom stereocenters. The average Bonchev–Trinajstić information content (AvgIpc) is 3.22. The van der Waals surface area contributed by atoms with E-state index in [1.165, 1.54) is 0 Å². The molecular weight excluding hydrogens is 310 g/mol. The first-order valence-corrected chi connectivity index (χ1v) is 8.79. The summed E-state index contributed by atoms with van der Waals surface area (Å²) < 4.78 is 2.05. The Morgan fingerprint density at radius 2 is 2.35 bits per heavy atom. The molecule has 2 aromatic heterocycles. The Kier molecular flexibility index (Phi) is 6.61. The van der Waals surface area contributed by atoms with Gasteiger partial charge in [0.15, 0.2) is 5.96 Å². The fourth-order valence-electron chi connectivity index (χ4n) is 2.12. The van der Waals surface area contributed by atoms with Gasteiger partial charge in [0.25, 0.3) is 0 Å². The molecule has 126 valence electrons. The third-order valence-electron chi connectivity index (χ3n) is 3.48. The van der Waals surface area contributed by atoms with Gasteiger partial charge in [-0.1, -0.05) is 0 Å². The second kappa shape index (κ2) is 8.69. The molecule has 2 aromatic rings. The number of aliphatic hydroxyl groups is 1. The number of aryl methyl sites for hydroxylation is 1. The van der Waals surface area contributed by atoms with Crippen LogP contribution in [0.3, 0.4) is 0 Å². The first-order valence-electron chi connectivity index (χ1n) is 7.85. The van der Waals surface area contributed by atoms with Gasteiger partial charge in [-0.25, -0.2) is 9.98 Å². The van der Waals surface area contributed by atoms with Crippen LogP contribution in [-0.4, -0.2) is 40.3 Å². The van der Waals surface area contributed by atoms with Gasteiger partial charge in [0.1, 0.15) is 5.60 Å². The van der Waals surface area contributed by atoms with E-state index in [4.69, 9.17) is 0 Å². The van der Waals surface area contributed by atoms with Crippen LogP contribution in [0.1, 0.15) is 25.8 Å². The van der Waals surface area contributed by atoms with E-state index >= 15 is 0 Å². The van der Waals surface area contributed by atoms with Crippen molar-refractivity contribution in [2.45, 2.75) is 32.4 Å². The predicted octanol–water partition coefficient (Wildman–Crippen LogP) is 1.80. The van der Waals surface area contributed by atoms with E-state index in [0.717, 1.165) is 37.6 Å². The smallest absolute Gasteiger partial charge is 0.191 e. The average molecular weight is 335 g/mol. The fourth-order valence-corrected chi connectivity index (χ4v) is 2.91. The van der Waals surface area contributed by atoms with Crippen LogP contribution in [0.15, 0.2) is 40.5 Å². The Balaban J connectivity index is 1.82. The van der Waals surface area contributed by atoms with E-state index in [0.29, 0.717) is 6.54 Å². The Morgan fingerprint density at radius 1 is 1.48 bits per heavy atom. The summed E-state index contributed by atoms with van der Waals surface area (Å²) in [5.74, 6) is 0.730. The number of hydrogen-bond donors (Lipinski definition) is 3. The van der Waals surface area contributed by atoms with Gasteiger partial charge in [0.2, 0.25) is 0 Å². The van der Waals surface area contributed by atoms with Crippen molar-refractivity contribution in [3.63, 3.8) is 0 Å². The molecule has 0 aromatic carbocycles. The highest BCUT2D eigenvalue weighted by molar-refractivity contribution is 7.08. The van der Waals surface area contributed by atoms with E-state index in [1.807, 2.05) is 40.8 Å². The zero-order chi connectivity index (χ0) is 16.5. The molecule has 0 bridgehead atoms. The zero-order valence-corrected chi connectivity index (χ0v) is 14.5. The fraction of sp³-hybridized carbons (Fsp3) is 0.500. The first kappa shape index (κ1) is 17.5. The normalized spacial score (nSPS) is 14.5. The van der Waals surface area contributed by atoms with Gasteiger partial charge in [0, 0.05) is 32.0 Å². The van der Waals surface area contributed by atoms with E-state index in [2.05, 4.69) is 20.6 Å². The zero-order valence-electron chi connectivity index (χ0n) is 13.7. The van der Waals surface area contributed by atoms with Crippen molar-refractivity contribution in [1.82, 2.24) is 20.2 Å². The third kappa shape index (κ3) is 5.69. The van der Waals surface area contributed by atoms with Gasteiger partial charge in [0.05, 0.1) is 12.9 Å². The van der Waals surface area contributed by atoms with Crippen LogP contribution < -0.4 is 10.6 Å². The SMILES string of the molecule is CCNC(=NCC(C)(O)c1ccsc1)NCCCn1ccnc1. The van der Waals surface area contributed by atoms with Gasteiger partial charge < -0.3 is 20.3 Å². The van der Waals surface area contributed by atoms with Crippen molar-refractivity contribution in [3.05, 3.63) is 41.1 Å². The molecule has 0 saturated carbocycles. The number of aliphatic imine (C=N–C) groups is 1. The number of rotatable bonds is 8. The summed E-state index contributed by atoms with van der Waals surface area (Å²) >= 11 is 1.58. The molecule has 23 heavy (non-hydrogen) atoms. The monoisotopic (exact) mass is 335 g/mol. The number of nitrogens with one attached hydrogen (secondary N) is 2. The lowest BCUT2D eigenvalue weighted by molar-refractivity contribution is 0.0677. The molecule has 0 aliphatic carbocycles. The molecule has 1 unspecified atom stereocenters. The van der Waals surface area contributed by atoms with Crippen molar-refractivity contribution in [2.24, 2.45) is 4.99 Å². The van der Waals surface area contributed by atoms with Crippen LogP contribution in [0.4, 0.5) is 0 Å². The second-order valence-corrected chi connectivity index (χ2v) is 6.34. The highest BCUT2D eigenvalue weighted by Gasteiger charge is 2.23. The number of imidazole rings is 1. The lowest BCUT2D eigenvalue weighted by atomic mass is 10.00. The van der Waals surface area contributed by atoms with Crippen molar-refractivity contribution in [2.75, 3.05) is 19.6 Å². The second-order valence-electron chi connectivity index (χ2n) is 5.56. The van der Waals surface area contributed by atoms with Crippen LogP contribution in [0.2, 0.25) is 0 Å². The molecule has 6 nitrogen and oxygen atoms in total. The van der Waals surface area contributed by atoms with Crippen molar-refractivity contribution in [1.29, 1.82) is 0 Å².